The number of aromatic nitrogens is 2. The van der Waals surface area contributed by atoms with E-state index in [9.17, 15) is 4.79 Å². The van der Waals surface area contributed by atoms with E-state index >= 15 is 0 Å². The van der Waals surface area contributed by atoms with E-state index in [1.807, 2.05) is 6.07 Å². The highest BCUT2D eigenvalue weighted by atomic mass is 16.1. The van der Waals surface area contributed by atoms with Crippen LogP contribution in [0.4, 0.5) is 11.6 Å². The number of carbonyl (C=O) groups is 1. The summed E-state index contributed by atoms with van der Waals surface area (Å²) in [7, 11) is 0. The average molecular weight is 340 g/mol. The molecule has 1 fully saturated rings. The molecule has 7 nitrogen and oxygen atoms in total. The predicted octanol–water partition coefficient (Wildman–Crippen LogP) is 1.00. The summed E-state index contributed by atoms with van der Waals surface area (Å²) in [6.45, 7) is 5.47. The number of carbonyl (C=O) groups excluding carboxylic acids is 1. The second kappa shape index (κ2) is 8.43. The molecular formula is C18H24N6O. The van der Waals surface area contributed by atoms with Gasteiger partial charge in [0.2, 0.25) is 5.95 Å². The van der Waals surface area contributed by atoms with Crippen LogP contribution in [0.1, 0.15) is 16.8 Å². The number of anilines is 2. The lowest BCUT2D eigenvalue weighted by atomic mass is 10.2. The van der Waals surface area contributed by atoms with E-state index in [0.29, 0.717) is 17.8 Å². The van der Waals surface area contributed by atoms with Crippen LogP contribution in [0.3, 0.4) is 0 Å². The maximum absolute atomic E-state index is 12.0. The van der Waals surface area contributed by atoms with Crippen LogP contribution in [0, 0.1) is 0 Å². The Balaban J connectivity index is 1.34. The highest BCUT2D eigenvalue weighted by Crippen LogP contribution is 2.10. The molecule has 2 aromatic rings. The van der Waals surface area contributed by atoms with E-state index < -0.39 is 0 Å². The Bertz CT molecular complexity index is 685. The van der Waals surface area contributed by atoms with Crippen molar-refractivity contribution in [2.75, 3.05) is 49.9 Å². The van der Waals surface area contributed by atoms with Crippen molar-refractivity contribution in [2.24, 2.45) is 0 Å². The van der Waals surface area contributed by atoms with Gasteiger partial charge in [-0.25, -0.2) is 9.97 Å². The molecule has 1 amide bonds. The van der Waals surface area contributed by atoms with Crippen LogP contribution in [0.15, 0.2) is 42.7 Å². The number of hydrogen-bond acceptors (Lipinski definition) is 6. The summed E-state index contributed by atoms with van der Waals surface area (Å²) in [4.78, 5) is 25.3. The van der Waals surface area contributed by atoms with Crippen molar-refractivity contribution >= 4 is 17.5 Å². The zero-order valence-electron chi connectivity index (χ0n) is 14.3. The number of nitrogens with two attached hydrogens (primary N) is 1. The van der Waals surface area contributed by atoms with Crippen LogP contribution in [-0.2, 0) is 0 Å². The molecule has 3 N–H and O–H groups in total. The highest BCUT2D eigenvalue weighted by Gasteiger charge is 2.18. The van der Waals surface area contributed by atoms with Gasteiger partial charge in [0.15, 0.2) is 0 Å². The number of hydrogen-bond donors (Lipinski definition) is 2. The lowest BCUT2D eigenvalue weighted by molar-refractivity contribution is 0.0951. The SMILES string of the molecule is Nc1cccc(C(=O)NCCCN2CCN(c3ncccn3)CC2)c1. The molecule has 1 aromatic heterocycles. The quantitative estimate of drug-likeness (QED) is 0.603. The fourth-order valence-corrected chi connectivity index (χ4v) is 2.91. The van der Waals surface area contributed by atoms with E-state index in [2.05, 4.69) is 25.1 Å². The van der Waals surface area contributed by atoms with Gasteiger partial charge in [-0.1, -0.05) is 6.07 Å². The summed E-state index contributed by atoms with van der Waals surface area (Å²) in [5.74, 6) is 0.731. The van der Waals surface area contributed by atoms with Crippen LogP contribution in [0.2, 0.25) is 0 Å². The molecule has 0 unspecified atom stereocenters. The minimum absolute atomic E-state index is 0.0710. The topological polar surface area (TPSA) is 87.4 Å². The second-order valence-corrected chi connectivity index (χ2v) is 6.11. The molecular weight excluding hydrogens is 316 g/mol. The second-order valence-electron chi connectivity index (χ2n) is 6.11. The predicted molar refractivity (Wildman–Crippen MR) is 98.5 cm³/mol. The van der Waals surface area contributed by atoms with Gasteiger partial charge in [0.05, 0.1) is 0 Å². The van der Waals surface area contributed by atoms with Gasteiger partial charge < -0.3 is 16.0 Å². The Morgan fingerprint density at radius 3 is 2.60 bits per heavy atom. The summed E-state index contributed by atoms with van der Waals surface area (Å²) in [6, 6.07) is 8.87. The molecule has 1 aliphatic heterocycles. The van der Waals surface area contributed by atoms with Crippen molar-refractivity contribution in [1.82, 2.24) is 20.2 Å². The number of piperazine rings is 1. The molecule has 132 valence electrons. The summed E-state index contributed by atoms with van der Waals surface area (Å²) in [6.07, 6.45) is 4.48. The fourth-order valence-electron chi connectivity index (χ4n) is 2.91. The number of amides is 1. The lowest BCUT2D eigenvalue weighted by Gasteiger charge is -2.34. The van der Waals surface area contributed by atoms with Crippen LogP contribution in [0.5, 0.6) is 0 Å². The van der Waals surface area contributed by atoms with Crippen molar-refractivity contribution in [1.29, 1.82) is 0 Å². The molecule has 7 heteroatoms. The molecule has 25 heavy (non-hydrogen) atoms. The Kier molecular flexibility index (Phi) is 5.79. The first-order valence-corrected chi connectivity index (χ1v) is 8.60. The van der Waals surface area contributed by atoms with Crippen molar-refractivity contribution in [3.63, 3.8) is 0 Å². The molecule has 0 saturated carbocycles. The number of nitrogens with zero attached hydrogens (tertiary/aromatic N) is 4. The Hall–Kier alpha value is -2.67. The number of benzene rings is 1. The highest BCUT2D eigenvalue weighted by molar-refractivity contribution is 5.94. The molecule has 0 radical (unpaired) electrons. The molecule has 1 saturated heterocycles. The molecule has 2 heterocycles. The van der Waals surface area contributed by atoms with Crippen LogP contribution < -0.4 is 16.0 Å². The molecule has 0 atom stereocenters. The van der Waals surface area contributed by atoms with Gasteiger partial charge in [-0.15, -0.1) is 0 Å². The Morgan fingerprint density at radius 2 is 1.88 bits per heavy atom. The van der Waals surface area contributed by atoms with E-state index in [1.165, 1.54) is 0 Å². The molecule has 0 bridgehead atoms. The first-order chi connectivity index (χ1) is 12.2. The van der Waals surface area contributed by atoms with Crippen LogP contribution >= 0.6 is 0 Å². The van der Waals surface area contributed by atoms with Crippen LogP contribution in [0.25, 0.3) is 0 Å². The first-order valence-electron chi connectivity index (χ1n) is 8.60. The average Bonchev–Trinajstić information content (AvgIpc) is 2.66. The number of rotatable bonds is 6. The smallest absolute Gasteiger partial charge is 0.251 e. The molecule has 3 rings (SSSR count). The van der Waals surface area contributed by atoms with Gasteiger partial charge in [-0.2, -0.15) is 0 Å². The summed E-state index contributed by atoms with van der Waals surface area (Å²) in [5.41, 5.74) is 6.91. The zero-order chi connectivity index (χ0) is 17.5. The summed E-state index contributed by atoms with van der Waals surface area (Å²) >= 11 is 0. The van der Waals surface area contributed by atoms with Crippen LogP contribution in [-0.4, -0.2) is 60.0 Å². The van der Waals surface area contributed by atoms with Crippen molar-refractivity contribution in [3.05, 3.63) is 48.3 Å². The van der Waals surface area contributed by atoms with E-state index in [-0.39, 0.29) is 5.91 Å². The first kappa shape index (κ1) is 17.2. The minimum Gasteiger partial charge on any atom is -0.399 e. The van der Waals surface area contributed by atoms with E-state index in [4.69, 9.17) is 5.73 Å². The largest absolute Gasteiger partial charge is 0.399 e. The zero-order valence-corrected chi connectivity index (χ0v) is 14.3. The third kappa shape index (κ3) is 4.90. The fraction of sp³-hybridized carbons (Fsp3) is 0.389. The molecule has 1 aliphatic rings. The van der Waals surface area contributed by atoms with Crippen molar-refractivity contribution in [2.45, 2.75) is 6.42 Å². The van der Waals surface area contributed by atoms with Crippen molar-refractivity contribution in [3.8, 4) is 0 Å². The molecule has 0 aliphatic carbocycles. The lowest BCUT2D eigenvalue weighted by Crippen LogP contribution is -2.47. The number of nitrogens with one attached hydrogen (secondary N) is 1. The third-order valence-electron chi connectivity index (χ3n) is 4.29. The minimum atomic E-state index is -0.0710. The summed E-state index contributed by atoms with van der Waals surface area (Å²) < 4.78 is 0. The normalized spacial score (nSPS) is 15.1. The molecule has 0 spiro atoms. The molecule has 1 aromatic carbocycles. The van der Waals surface area contributed by atoms with Crippen molar-refractivity contribution < 1.29 is 4.79 Å². The maximum atomic E-state index is 12.0. The van der Waals surface area contributed by atoms with Gasteiger partial charge in [-0.05, 0) is 37.2 Å². The Labute approximate surface area is 147 Å². The third-order valence-corrected chi connectivity index (χ3v) is 4.29. The Morgan fingerprint density at radius 1 is 1.12 bits per heavy atom. The monoisotopic (exact) mass is 340 g/mol. The van der Waals surface area contributed by atoms with Gasteiger partial charge in [0.1, 0.15) is 0 Å². The maximum Gasteiger partial charge on any atom is 0.251 e. The standard InChI is InChI=1S/C18H24N6O/c19-16-5-1-4-15(14-16)17(25)20-8-3-9-23-10-12-24(13-11-23)18-21-6-2-7-22-18/h1-2,4-7,14H,3,8-13,19H2,(H,20,25). The van der Waals surface area contributed by atoms with E-state index in [0.717, 1.165) is 45.1 Å². The number of nitrogen functional groups attached to an aromatic ring is 1. The van der Waals surface area contributed by atoms with Gasteiger partial charge >= 0.3 is 0 Å². The van der Waals surface area contributed by atoms with Gasteiger partial charge in [0, 0.05) is 56.4 Å². The van der Waals surface area contributed by atoms with Gasteiger partial charge in [0.25, 0.3) is 5.91 Å². The summed E-state index contributed by atoms with van der Waals surface area (Å²) in [5, 5.41) is 2.95. The van der Waals surface area contributed by atoms with E-state index in [1.54, 1.807) is 36.7 Å². The van der Waals surface area contributed by atoms with Gasteiger partial charge in [-0.3, -0.25) is 9.69 Å².